The fraction of sp³-hybridized carbons (Fsp3) is 0.500. The zero-order chi connectivity index (χ0) is 9.97. The number of esters is 1. The highest BCUT2D eigenvalue weighted by atomic mass is 32.1. The molecule has 0 bridgehead atoms. The van der Waals surface area contributed by atoms with E-state index >= 15 is 0 Å². The Morgan fingerprint density at radius 1 is 1.64 bits per heavy atom. The number of methoxy groups -OCH3 is 1. The Bertz CT molecular complexity index is 326. The van der Waals surface area contributed by atoms with Gasteiger partial charge in [-0.1, -0.05) is 0 Å². The molecule has 1 atom stereocenters. The Morgan fingerprint density at radius 3 is 3.14 bits per heavy atom. The summed E-state index contributed by atoms with van der Waals surface area (Å²) in [5.74, 6) is -0.267. The molecular formula is C10H12O3S. The fourth-order valence-corrected chi connectivity index (χ4v) is 2.52. The maximum atomic E-state index is 11.4. The third-order valence-electron chi connectivity index (χ3n) is 2.37. The molecule has 1 aliphatic rings. The predicted molar refractivity (Wildman–Crippen MR) is 53.6 cm³/mol. The number of thiophene rings is 1. The van der Waals surface area contributed by atoms with Crippen molar-refractivity contribution in [3.05, 3.63) is 21.9 Å². The van der Waals surface area contributed by atoms with E-state index < -0.39 is 0 Å². The quantitative estimate of drug-likeness (QED) is 0.706. The Morgan fingerprint density at radius 2 is 2.50 bits per heavy atom. The van der Waals surface area contributed by atoms with Crippen molar-refractivity contribution in [2.24, 2.45) is 0 Å². The minimum absolute atomic E-state index is 0.0929. The number of hydrogen-bond acceptors (Lipinski definition) is 4. The van der Waals surface area contributed by atoms with Gasteiger partial charge in [-0.05, 0) is 18.2 Å². The monoisotopic (exact) mass is 212 g/mol. The highest BCUT2D eigenvalue weighted by Gasteiger charge is 2.24. The molecule has 1 aromatic rings. The zero-order valence-electron chi connectivity index (χ0n) is 7.99. The lowest BCUT2D eigenvalue weighted by Gasteiger charge is -2.09. The Balaban J connectivity index is 2.24. The smallest absolute Gasteiger partial charge is 0.339 e. The Hall–Kier alpha value is -0.870. The molecule has 1 unspecified atom stereocenters. The maximum absolute atomic E-state index is 11.4. The molecule has 14 heavy (non-hydrogen) atoms. The Kier molecular flexibility index (Phi) is 2.84. The first kappa shape index (κ1) is 9.68. The lowest BCUT2D eigenvalue weighted by atomic mass is 10.1. The molecule has 1 aromatic heterocycles. The third-order valence-corrected chi connectivity index (χ3v) is 3.14. The van der Waals surface area contributed by atoms with E-state index in [0.717, 1.165) is 25.0 Å². The summed E-state index contributed by atoms with van der Waals surface area (Å²) in [4.78, 5) is 11.4. The first-order valence-electron chi connectivity index (χ1n) is 4.59. The van der Waals surface area contributed by atoms with Gasteiger partial charge in [0.05, 0.1) is 18.8 Å². The molecule has 0 radical (unpaired) electrons. The number of ether oxygens (including phenoxy) is 2. The Labute approximate surface area is 86.6 Å². The van der Waals surface area contributed by atoms with Gasteiger partial charge in [-0.2, -0.15) is 11.3 Å². The van der Waals surface area contributed by atoms with Crippen molar-refractivity contribution in [3.8, 4) is 0 Å². The van der Waals surface area contributed by atoms with Gasteiger partial charge < -0.3 is 9.47 Å². The van der Waals surface area contributed by atoms with Crippen molar-refractivity contribution in [2.75, 3.05) is 13.7 Å². The van der Waals surface area contributed by atoms with Crippen LogP contribution in [0.4, 0.5) is 0 Å². The third kappa shape index (κ3) is 1.67. The topological polar surface area (TPSA) is 35.5 Å². The SMILES string of the molecule is COC(=O)c1cscc1C1CCCO1. The van der Waals surface area contributed by atoms with E-state index in [-0.39, 0.29) is 12.1 Å². The van der Waals surface area contributed by atoms with Gasteiger partial charge in [-0.25, -0.2) is 4.79 Å². The molecule has 0 N–H and O–H groups in total. The summed E-state index contributed by atoms with van der Waals surface area (Å²) in [7, 11) is 1.40. The summed E-state index contributed by atoms with van der Waals surface area (Å²) in [5.41, 5.74) is 1.64. The van der Waals surface area contributed by atoms with Crippen LogP contribution in [0.2, 0.25) is 0 Å². The van der Waals surface area contributed by atoms with Crippen LogP contribution in [0.3, 0.4) is 0 Å². The van der Waals surface area contributed by atoms with Crippen molar-refractivity contribution in [2.45, 2.75) is 18.9 Å². The highest BCUT2D eigenvalue weighted by molar-refractivity contribution is 7.08. The molecular weight excluding hydrogens is 200 g/mol. The van der Waals surface area contributed by atoms with Crippen LogP contribution in [0.5, 0.6) is 0 Å². The van der Waals surface area contributed by atoms with Gasteiger partial charge in [0.25, 0.3) is 0 Å². The fourth-order valence-electron chi connectivity index (χ4n) is 1.66. The average molecular weight is 212 g/mol. The molecule has 76 valence electrons. The summed E-state index contributed by atoms with van der Waals surface area (Å²) in [6, 6.07) is 0. The van der Waals surface area contributed by atoms with Crippen LogP contribution < -0.4 is 0 Å². The second-order valence-electron chi connectivity index (χ2n) is 3.23. The van der Waals surface area contributed by atoms with Crippen LogP contribution in [-0.2, 0) is 9.47 Å². The van der Waals surface area contributed by atoms with Crippen LogP contribution in [0.15, 0.2) is 10.8 Å². The largest absolute Gasteiger partial charge is 0.465 e. The van der Waals surface area contributed by atoms with Gasteiger partial charge in [0.15, 0.2) is 0 Å². The second-order valence-corrected chi connectivity index (χ2v) is 3.98. The van der Waals surface area contributed by atoms with Crippen molar-refractivity contribution < 1.29 is 14.3 Å². The van der Waals surface area contributed by atoms with Gasteiger partial charge in [0, 0.05) is 17.6 Å². The predicted octanol–water partition coefficient (Wildman–Crippen LogP) is 2.39. The lowest BCUT2D eigenvalue weighted by molar-refractivity contribution is 0.0589. The summed E-state index contributed by atoms with van der Waals surface area (Å²) >= 11 is 1.52. The molecule has 0 aromatic carbocycles. The van der Waals surface area contributed by atoms with E-state index in [1.807, 2.05) is 10.8 Å². The standard InChI is InChI=1S/C10H12O3S/c1-12-10(11)8-6-14-5-7(8)9-3-2-4-13-9/h5-6,9H,2-4H2,1H3. The number of carbonyl (C=O) groups excluding carboxylic acids is 1. The number of hydrogen-bond donors (Lipinski definition) is 0. The molecule has 0 spiro atoms. The van der Waals surface area contributed by atoms with E-state index in [1.54, 1.807) is 0 Å². The number of rotatable bonds is 2. The second kappa shape index (κ2) is 4.11. The molecule has 1 fully saturated rings. The molecule has 0 amide bonds. The van der Waals surface area contributed by atoms with E-state index in [2.05, 4.69) is 0 Å². The molecule has 2 heterocycles. The summed E-state index contributed by atoms with van der Waals surface area (Å²) < 4.78 is 10.2. The average Bonchev–Trinajstić information content (AvgIpc) is 2.85. The van der Waals surface area contributed by atoms with E-state index in [9.17, 15) is 4.79 Å². The maximum Gasteiger partial charge on any atom is 0.339 e. The molecule has 4 heteroatoms. The zero-order valence-corrected chi connectivity index (χ0v) is 8.80. The molecule has 3 nitrogen and oxygen atoms in total. The first-order valence-corrected chi connectivity index (χ1v) is 5.53. The van der Waals surface area contributed by atoms with Gasteiger partial charge in [-0.3, -0.25) is 0 Å². The summed E-state index contributed by atoms with van der Waals surface area (Å²) in [5, 5.41) is 3.80. The normalized spacial score (nSPS) is 21.1. The van der Waals surface area contributed by atoms with Gasteiger partial charge >= 0.3 is 5.97 Å². The molecule has 1 saturated heterocycles. The van der Waals surface area contributed by atoms with E-state index in [0.29, 0.717) is 5.56 Å². The van der Waals surface area contributed by atoms with Crippen LogP contribution in [-0.4, -0.2) is 19.7 Å². The van der Waals surface area contributed by atoms with Gasteiger partial charge in [0.1, 0.15) is 0 Å². The molecule has 2 rings (SSSR count). The van der Waals surface area contributed by atoms with Crippen molar-refractivity contribution >= 4 is 17.3 Å². The first-order chi connectivity index (χ1) is 6.83. The molecule has 0 aliphatic carbocycles. The van der Waals surface area contributed by atoms with Crippen LogP contribution in [0.25, 0.3) is 0 Å². The lowest BCUT2D eigenvalue weighted by Crippen LogP contribution is -2.06. The van der Waals surface area contributed by atoms with Crippen molar-refractivity contribution in [1.82, 2.24) is 0 Å². The van der Waals surface area contributed by atoms with Crippen molar-refractivity contribution in [3.63, 3.8) is 0 Å². The highest BCUT2D eigenvalue weighted by Crippen LogP contribution is 2.33. The van der Waals surface area contributed by atoms with Gasteiger partial charge in [-0.15, -0.1) is 0 Å². The molecule has 0 saturated carbocycles. The van der Waals surface area contributed by atoms with Crippen molar-refractivity contribution in [1.29, 1.82) is 0 Å². The minimum atomic E-state index is -0.267. The van der Waals surface area contributed by atoms with Crippen LogP contribution >= 0.6 is 11.3 Å². The summed E-state index contributed by atoms with van der Waals surface area (Å²) in [6.45, 7) is 0.793. The van der Waals surface area contributed by atoms with E-state index in [1.165, 1.54) is 18.4 Å². The number of carbonyl (C=O) groups is 1. The minimum Gasteiger partial charge on any atom is -0.465 e. The van der Waals surface area contributed by atoms with Gasteiger partial charge in [0.2, 0.25) is 0 Å². The van der Waals surface area contributed by atoms with Crippen LogP contribution in [0, 0.1) is 0 Å². The van der Waals surface area contributed by atoms with E-state index in [4.69, 9.17) is 9.47 Å². The van der Waals surface area contributed by atoms with Crippen LogP contribution in [0.1, 0.15) is 34.9 Å². The molecule has 1 aliphatic heterocycles. The summed E-state index contributed by atoms with van der Waals surface area (Å²) in [6.07, 6.45) is 2.16.